The van der Waals surface area contributed by atoms with Gasteiger partial charge in [-0.15, -0.1) is 0 Å². The maximum atomic E-state index is 12.0. The zero-order valence-corrected chi connectivity index (χ0v) is 11.7. The summed E-state index contributed by atoms with van der Waals surface area (Å²) in [6.07, 6.45) is 3.47. The number of carbonyl (C=O) groups is 1. The van der Waals surface area contributed by atoms with Gasteiger partial charge in [-0.05, 0) is 37.4 Å². The van der Waals surface area contributed by atoms with Crippen LogP contribution < -0.4 is 10.6 Å². The van der Waals surface area contributed by atoms with Crippen molar-refractivity contribution in [3.63, 3.8) is 0 Å². The molecule has 5 heteroatoms. The summed E-state index contributed by atoms with van der Waals surface area (Å²) in [5.41, 5.74) is 0.270. The number of benzene rings is 1. The Morgan fingerprint density at radius 3 is 2.70 bits per heavy atom. The summed E-state index contributed by atoms with van der Waals surface area (Å²) in [5.74, 6) is 0.0785. The average Bonchev–Trinajstić information content (AvgIpc) is 2.44. The first-order chi connectivity index (χ1) is 9.60. The molecule has 1 fully saturated rings. The van der Waals surface area contributed by atoms with E-state index in [0.717, 1.165) is 13.0 Å². The van der Waals surface area contributed by atoms with Crippen LogP contribution in [-0.4, -0.2) is 35.3 Å². The molecule has 0 aromatic heterocycles. The minimum absolute atomic E-state index is 0.114. The number of nitrogens with one attached hydrogen (secondary N) is 2. The number of carbonyl (C=O) groups excluding carboxylic acids is 1. The first kappa shape index (κ1) is 14.7. The number of phenolic OH excluding ortho intramolecular Hbond substituents is 2. The topological polar surface area (TPSA) is 81.6 Å². The Hall–Kier alpha value is -1.75. The molecule has 2 unspecified atom stereocenters. The smallest absolute Gasteiger partial charge is 0.251 e. The van der Waals surface area contributed by atoms with E-state index in [1.165, 1.54) is 31.0 Å². The minimum atomic E-state index is -0.279. The number of aromatic hydroxyl groups is 2. The highest BCUT2D eigenvalue weighted by molar-refractivity contribution is 5.95. The minimum Gasteiger partial charge on any atom is -0.508 e. The molecular weight excluding hydrogens is 256 g/mol. The third-order valence-electron chi connectivity index (χ3n) is 3.90. The van der Waals surface area contributed by atoms with E-state index in [-0.39, 0.29) is 23.0 Å². The van der Waals surface area contributed by atoms with Gasteiger partial charge < -0.3 is 20.8 Å². The molecule has 2 atom stereocenters. The molecule has 1 aromatic rings. The molecule has 1 aromatic carbocycles. The van der Waals surface area contributed by atoms with Crippen molar-refractivity contribution in [2.24, 2.45) is 5.92 Å². The number of rotatable bonds is 4. The van der Waals surface area contributed by atoms with Crippen LogP contribution in [-0.2, 0) is 0 Å². The van der Waals surface area contributed by atoms with Crippen LogP contribution in [0, 0.1) is 5.92 Å². The SMILES string of the molecule is CCC1CCCNC1CNC(=O)c1cc(O)cc(O)c1. The van der Waals surface area contributed by atoms with Crippen LogP contribution >= 0.6 is 0 Å². The Balaban J connectivity index is 1.94. The molecule has 4 N–H and O–H groups in total. The Morgan fingerprint density at radius 2 is 2.05 bits per heavy atom. The van der Waals surface area contributed by atoms with Crippen molar-refractivity contribution < 1.29 is 15.0 Å². The van der Waals surface area contributed by atoms with Gasteiger partial charge in [0.15, 0.2) is 0 Å². The molecule has 1 saturated heterocycles. The predicted molar refractivity (Wildman–Crippen MR) is 76.9 cm³/mol. The summed E-state index contributed by atoms with van der Waals surface area (Å²) in [6, 6.07) is 4.19. The monoisotopic (exact) mass is 278 g/mol. The first-order valence-electron chi connectivity index (χ1n) is 7.14. The van der Waals surface area contributed by atoms with Crippen LogP contribution in [0.3, 0.4) is 0 Å². The number of hydrogen-bond donors (Lipinski definition) is 4. The van der Waals surface area contributed by atoms with Crippen molar-refractivity contribution in [2.75, 3.05) is 13.1 Å². The zero-order chi connectivity index (χ0) is 14.5. The van der Waals surface area contributed by atoms with Gasteiger partial charge in [0.05, 0.1) is 0 Å². The highest BCUT2D eigenvalue weighted by atomic mass is 16.3. The van der Waals surface area contributed by atoms with Gasteiger partial charge in [-0.2, -0.15) is 0 Å². The Labute approximate surface area is 119 Å². The van der Waals surface area contributed by atoms with Gasteiger partial charge in [-0.1, -0.05) is 13.3 Å². The van der Waals surface area contributed by atoms with Gasteiger partial charge in [0.2, 0.25) is 0 Å². The first-order valence-corrected chi connectivity index (χ1v) is 7.14. The summed E-state index contributed by atoms with van der Waals surface area (Å²) in [7, 11) is 0. The van der Waals surface area contributed by atoms with Gasteiger partial charge in [-0.3, -0.25) is 4.79 Å². The van der Waals surface area contributed by atoms with Crippen molar-refractivity contribution in [1.82, 2.24) is 10.6 Å². The molecule has 0 spiro atoms. The largest absolute Gasteiger partial charge is 0.508 e. The van der Waals surface area contributed by atoms with Crippen molar-refractivity contribution >= 4 is 5.91 Å². The fraction of sp³-hybridized carbons (Fsp3) is 0.533. The lowest BCUT2D eigenvalue weighted by Gasteiger charge is -2.32. The lowest BCUT2D eigenvalue weighted by atomic mass is 9.88. The second kappa shape index (κ2) is 6.61. The van der Waals surface area contributed by atoms with Crippen molar-refractivity contribution in [1.29, 1.82) is 0 Å². The van der Waals surface area contributed by atoms with E-state index < -0.39 is 0 Å². The van der Waals surface area contributed by atoms with Crippen LogP contribution in [0.1, 0.15) is 36.5 Å². The second-order valence-electron chi connectivity index (χ2n) is 5.32. The third kappa shape index (κ3) is 3.63. The van der Waals surface area contributed by atoms with E-state index in [4.69, 9.17) is 0 Å². The maximum Gasteiger partial charge on any atom is 0.251 e. The summed E-state index contributed by atoms with van der Waals surface area (Å²) in [5, 5.41) is 25.1. The van der Waals surface area contributed by atoms with E-state index in [2.05, 4.69) is 17.6 Å². The second-order valence-corrected chi connectivity index (χ2v) is 5.32. The predicted octanol–water partition coefficient (Wildman–Crippen LogP) is 1.61. The normalized spacial score (nSPS) is 22.4. The summed E-state index contributed by atoms with van der Waals surface area (Å²) < 4.78 is 0. The summed E-state index contributed by atoms with van der Waals surface area (Å²) in [6.45, 7) is 3.72. The van der Waals surface area contributed by atoms with Gasteiger partial charge in [0.1, 0.15) is 11.5 Å². The molecule has 1 aliphatic heterocycles. The van der Waals surface area contributed by atoms with Crippen molar-refractivity contribution in [2.45, 2.75) is 32.2 Å². The molecule has 0 saturated carbocycles. The molecule has 1 aliphatic rings. The van der Waals surface area contributed by atoms with Crippen molar-refractivity contribution in [3.05, 3.63) is 23.8 Å². The highest BCUT2D eigenvalue weighted by Gasteiger charge is 2.23. The molecule has 0 radical (unpaired) electrons. The number of hydrogen-bond acceptors (Lipinski definition) is 4. The van der Waals surface area contributed by atoms with Gasteiger partial charge in [0.25, 0.3) is 5.91 Å². The molecular formula is C15H22N2O3. The third-order valence-corrected chi connectivity index (χ3v) is 3.90. The molecule has 0 aliphatic carbocycles. The van der Waals surface area contributed by atoms with E-state index in [9.17, 15) is 15.0 Å². The van der Waals surface area contributed by atoms with Gasteiger partial charge >= 0.3 is 0 Å². The number of piperidine rings is 1. The molecule has 0 bridgehead atoms. The quantitative estimate of drug-likeness (QED) is 0.674. The van der Waals surface area contributed by atoms with E-state index in [0.29, 0.717) is 18.5 Å². The van der Waals surface area contributed by atoms with Crippen LogP contribution in [0.2, 0.25) is 0 Å². The zero-order valence-electron chi connectivity index (χ0n) is 11.7. The lowest BCUT2D eigenvalue weighted by Crippen LogP contribution is -2.48. The van der Waals surface area contributed by atoms with Crippen LogP contribution in [0.5, 0.6) is 11.5 Å². The fourth-order valence-electron chi connectivity index (χ4n) is 2.78. The number of phenols is 2. The van der Waals surface area contributed by atoms with E-state index in [1.54, 1.807) is 0 Å². The molecule has 20 heavy (non-hydrogen) atoms. The van der Waals surface area contributed by atoms with E-state index in [1.807, 2.05) is 0 Å². The summed E-state index contributed by atoms with van der Waals surface area (Å²) in [4.78, 5) is 12.0. The number of amides is 1. The molecule has 110 valence electrons. The standard InChI is InChI=1S/C15H22N2O3/c1-2-10-4-3-5-16-14(10)9-17-15(20)11-6-12(18)8-13(19)7-11/h6-8,10,14,16,18-19H,2-5,9H2,1H3,(H,17,20). The lowest BCUT2D eigenvalue weighted by molar-refractivity contribution is 0.0941. The van der Waals surface area contributed by atoms with Crippen molar-refractivity contribution in [3.8, 4) is 11.5 Å². The van der Waals surface area contributed by atoms with Crippen LogP contribution in [0.4, 0.5) is 0 Å². The Bertz CT molecular complexity index is 456. The molecule has 2 rings (SSSR count). The molecule has 1 heterocycles. The Morgan fingerprint density at radius 1 is 1.35 bits per heavy atom. The average molecular weight is 278 g/mol. The fourth-order valence-corrected chi connectivity index (χ4v) is 2.78. The summed E-state index contributed by atoms with van der Waals surface area (Å²) >= 11 is 0. The van der Waals surface area contributed by atoms with E-state index >= 15 is 0 Å². The molecule has 1 amide bonds. The van der Waals surface area contributed by atoms with Crippen LogP contribution in [0.25, 0.3) is 0 Å². The van der Waals surface area contributed by atoms with Gasteiger partial charge in [-0.25, -0.2) is 0 Å². The Kier molecular flexibility index (Phi) is 4.84. The molecule has 5 nitrogen and oxygen atoms in total. The van der Waals surface area contributed by atoms with Crippen LogP contribution in [0.15, 0.2) is 18.2 Å². The highest BCUT2D eigenvalue weighted by Crippen LogP contribution is 2.21. The maximum absolute atomic E-state index is 12.0. The van der Waals surface area contributed by atoms with Gasteiger partial charge in [0, 0.05) is 24.2 Å².